The van der Waals surface area contributed by atoms with Gasteiger partial charge in [0.1, 0.15) is 5.60 Å². The van der Waals surface area contributed by atoms with Crippen LogP contribution in [0, 0.1) is 46.3 Å². The second-order valence-electron chi connectivity index (χ2n) is 13.8. The van der Waals surface area contributed by atoms with E-state index >= 15 is 0 Å². The molecule has 0 amide bonds. The summed E-state index contributed by atoms with van der Waals surface area (Å²) in [5, 5.41) is 0. The molecule has 3 heteroatoms. The lowest BCUT2D eigenvalue weighted by atomic mass is 9.44. The maximum atomic E-state index is 12.3. The molecule has 0 radical (unpaired) electrons. The number of ether oxygens (including phenoxy) is 2. The zero-order valence-corrected chi connectivity index (χ0v) is 22.8. The molecule has 190 valence electrons. The fourth-order valence-electron chi connectivity index (χ4n) is 9.52. The summed E-state index contributed by atoms with van der Waals surface area (Å²) in [5.74, 6) is 4.98. The normalized spacial score (nSPS) is 43.8. The SMILES string of the molecule is CCO[C@@H]1CC[C@@]2(C)[C@H](CC[C@@H]3[C@@H]2CC[C@]2(C)[C@@H]([C@H](C)CCC(=O)OC(C)(C)C)CC[C@@H]32)C1. The van der Waals surface area contributed by atoms with E-state index in [-0.39, 0.29) is 11.6 Å². The van der Waals surface area contributed by atoms with Crippen molar-refractivity contribution in [2.45, 2.75) is 131 Å². The topological polar surface area (TPSA) is 35.5 Å². The molecule has 0 saturated heterocycles. The molecule has 9 atom stereocenters. The standard InChI is InChI=1S/C30H52O3/c1-8-32-22-15-17-29(6)21(19-22)10-11-23-25-13-12-24(30(25,7)18-16-26(23)29)20(2)9-14-27(31)33-28(3,4)5/h20-26H,8-19H2,1-7H3/t20-,21-,22-,23+,24-,25+,26+,29+,30-/m1/s1. The maximum absolute atomic E-state index is 12.3. The average molecular weight is 461 g/mol. The molecule has 4 saturated carbocycles. The van der Waals surface area contributed by atoms with Gasteiger partial charge in [-0.25, -0.2) is 0 Å². The molecule has 4 rings (SSSR count). The first-order valence-corrected chi connectivity index (χ1v) is 14.3. The number of rotatable bonds is 6. The van der Waals surface area contributed by atoms with Gasteiger partial charge in [0.2, 0.25) is 0 Å². The molecule has 0 aromatic rings. The minimum absolute atomic E-state index is 0.0216. The highest BCUT2D eigenvalue weighted by molar-refractivity contribution is 5.69. The Morgan fingerprint density at radius 3 is 2.36 bits per heavy atom. The maximum Gasteiger partial charge on any atom is 0.306 e. The summed E-state index contributed by atoms with van der Waals surface area (Å²) >= 11 is 0. The zero-order valence-electron chi connectivity index (χ0n) is 22.8. The molecule has 33 heavy (non-hydrogen) atoms. The van der Waals surface area contributed by atoms with Gasteiger partial charge in [0.15, 0.2) is 0 Å². The van der Waals surface area contributed by atoms with Gasteiger partial charge in [0.05, 0.1) is 6.10 Å². The lowest BCUT2D eigenvalue weighted by Crippen LogP contribution is -2.54. The first-order valence-electron chi connectivity index (χ1n) is 14.3. The smallest absolute Gasteiger partial charge is 0.306 e. The van der Waals surface area contributed by atoms with Crippen LogP contribution in [0.3, 0.4) is 0 Å². The first kappa shape index (κ1) is 25.5. The summed E-state index contributed by atoms with van der Waals surface area (Å²) in [5.41, 5.74) is 0.637. The van der Waals surface area contributed by atoms with Crippen molar-refractivity contribution in [3.63, 3.8) is 0 Å². The zero-order chi connectivity index (χ0) is 24.0. The van der Waals surface area contributed by atoms with Crippen molar-refractivity contribution < 1.29 is 14.3 Å². The number of hydrogen-bond donors (Lipinski definition) is 0. The molecule has 0 unspecified atom stereocenters. The van der Waals surface area contributed by atoms with E-state index < -0.39 is 0 Å². The Labute approximate surface area is 204 Å². The van der Waals surface area contributed by atoms with Crippen LogP contribution in [0.5, 0.6) is 0 Å². The Bertz CT molecular complexity index is 695. The van der Waals surface area contributed by atoms with E-state index in [0.717, 1.165) is 42.6 Å². The molecule has 0 spiro atoms. The molecule has 0 heterocycles. The highest BCUT2D eigenvalue weighted by Crippen LogP contribution is 2.68. The van der Waals surface area contributed by atoms with Crippen LogP contribution >= 0.6 is 0 Å². The third-order valence-corrected chi connectivity index (χ3v) is 11.0. The minimum Gasteiger partial charge on any atom is -0.460 e. The Kier molecular flexibility index (Phi) is 7.33. The highest BCUT2D eigenvalue weighted by atomic mass is 16.6. The Morgan fingerprint density at radius 1 is 0.970 bits per heavy atom. The lowest BCUT2D eigenvalue weighted by molar-refractivity contribution is -0.155. The number of esters is 1. The van der Waals surface area contributed by atoms with Crippen molar-refractivity contribution in [1.82, 2.24) is 0 Å². The Balaban J connectivity index is 1.40. The van der Waals surface area contributed by atoms with E-state index in [1.54, 1.807) is 0 Å². The summed E-state index contributed by atoms with van der Waals surface area (Å²) < 4.78 is 11.7. The largest absolute Gasteiger partial charge is 0.460 e. The van der Waals surface area contributed by atoms with Crippen LogP contribution in [0.4, 0.5) is 0 Å². The van der Waals surface area contributed by atoms with E-state index in [2.05, 4.69) is 27.7 Å². The first-order chi connectivity index (χ1) is 15.5. The minimum atomic E-state index is -0.375. The van der Waals surface area contributed by atoms with Gasteiger partial charge in [0.25, 0.3) is 0 Å². The average Bonchev–Trinajstić information content (AvgIpc) is 3.08. The van der Waals surface area contributed by atoms with Gasteiger partial charge in [0, 0.05) is 13.0 Å². The lowest BCUT2D eigenvalue weighted by Gasteiger charge is -2.61. The molecule has 0 aliphatic heterocycles. The van der Waals surface area contributed by atoms with Gasteiger partial charge in [-0.3, -0.25) is 4.79 Å². The molecule has 4 aliphatic rings. The van der Waals surface area contributed by atoms with Crippen molar-refractivity contribution in [3.8, 4) is 0 Å². The van der Waals surface area contributed by atoms with Crippen molar-refractivity contribution in [3.05, 3.63) is 0 Å². The van der Waals surface area contributed by atoms with Crippen LogP contribution in [0.2, 0.25) is 0 Å². The van der Waals surface area contributed by atoms with E-state index in [1.807, 2.05) is 20.8 Å². The third kappa shape index (κ3) is 4.91. The molecule has 0 aromatic carbocycles. The summed E-state index contributed by atoms with van der Waals surface area (Å²) in [7, 11) is 0. The van der Waals surface area contributed by atoms with Crippen molar-refractivity contribution in [1.29, 1.82) is 0 Å². The van der Waals surface area contributed by atoms with Crippen molar-refractivity contribution in [2.24, 2.45) is 46.3 Å². The predicted molar refractivity (Wildman–Crippen MR) is 135 cm³/mol. The second kappa shape index (κ2) is 9.47. The Hall–Kier alpha value is -0.570. The summed E-state index contributed by atoms with van der Waals surface area (Å²) in [6.45, 7) is 16.6. The van der Waals surface area contributed by atoms with E-state index in [9.17, 15) is 4.79 Å². The van der Waals surface area contributed by atoms with Gasteiger partial charge in [-0.2, -0.15) is 0 Å². The van der Waals surface area contributed by atoms with E-state index in [1.165, 1.54) is 57.8 Å². The molecule has 0 bridgehead atoms. The van der Waals surface area contributed by atoms with Crippen LogP contribution in [-0.2, 0) is 14.3 Å². The molecule has 4 aliphatic carbocycles. The van der Waals surface area contributed by atoms with Gasteiger partial charge in [-0.15, -0.1) is 0 Å². The van der Waals surface area contributed by atoms with Gasteiger partial charge in [-0.05, 0) is 138 Å². The van der Waals surface area contributed by atoms with Crippen LogP contribution in [0.1, 0.15) is 119 Å². The van der Waals surface area contributed by atoms with Crippen molar-refractivity contribution in [2.75, 3.05) is 6.61 Å². The molecule has 4 fully saturated rings. The number of hydrogen-bond acceptors (Lipinski definition) is 3. The van der Waals surface area contributed by atoms with Gasteiger partial charge >= 0.3 is 5.97 Å². The number of carbonyl (C=O) groups excluding carboxylic acids is 1. The Morgan fingerprint density at radius 2 is 1.67 bits per heavy atom. The van der Waals surface area contributed by atoms with Gasteiger partial charge in [-0.1, -0.05) is 20.8 Å². The van der Waals surface area contributed by atoms with Gasteiger partial charge < -0.3 is 9.47 Å². The number of carbonyl (C=O) groups is 1. The molecular weight excluding hydrogens is 408 g/mol. The summed E-state index contributed by atoms with van der Waals surface area (Å²) in [4.78, 5) is 12.3. The summed E-state index contributed by atoms with van der Waals surface area (Å²) in [6.07, 6.45) is 14.5. The third-order valence-electron chi connectivity index (χ3n) is 11.0. The fraction of sp³-hybridized carbons (Fsp3) is 0.967. The highest BCUT2D eigenvalue weighted by Gasteiger charge is 2.60. The predicted octanol–water partition coefficient (Wildman–Crippen LogP) is 7.81. The number of fused-ring (bicyclic) bond motifs is 5. The van der Waals surface area contributed by atoms with E-state index in [4.69, 9.17) is 9.47 Å². The summed E-state index contributed by atoms with van der Waals surface area (Å²) in [6, 6.07) is 0. The quantitative estimate of drug-likeness (QED) is 0.379. The van der Waals surface area contributed by atoms with Crippen LogP contribution < -0.4 is 0 Å². The molecule has 3 nitrogen and oxygen atoms in total. The van der Waals surface area contributed by atoms with Crippen LogP contribution in [-0.4, -0.2) is 24.3 Å². The second-order valence-corrected chi connectivity index (χ2v) is 13.8. The van der Waals surface area contributed by atoms with Crippen molar-refractivity contribution >= 4 is 5.97 Å². The van der Waals surface area contributed by atoms with Crippen LogP contribution in [0.15, 0.2) is 0 Å². The molecule has 0 aromatic heterocycles. The monoisotopic (exact) mass is 460 g/mol. The molecular formula is C30H52O3. The fourth-order valence-corrected chi connectivity index (χ4v) is 9.52. The van der Waals surface area contributed by atoms with E-state index in [0.29, 0.717) is 29.3 Å². The van der Waals surface area contributed by atoms with Crippen LogP contribution in [0.25, 0.3) is 0 Å². The molecule has 0 N–H and O–H groups in total.